The van der Waals surface area contributed by atoms with Crippen molar-refractivity contribution >= 4 is 17.7 Å². The lowest BCUT2D eigenvalue weighted by Gasteiger charge is -2.40. The van der Waals surface area contributed by atoms with Crippen LogP contribution < -0.4 is 5.56 Å². The highest BCUT2D eigenvalue weighted by Crippen LogP contribution is 2.22. The van der Waals surface area contributed by atoms with E-state index in [-0.39, 0.29) is 11.5 Å². The Bertz CT molecular complexity index is 717. The highest BCUT2D eigenvalue weighted by atomic mass is 32.2. The molecule has 8 heteroatoms. The zero-order valence-electron chi connectivity index (χ0n) is 15.1. The van der Waals surface area contributed by atoms with Crippen molar-refractivity contribution < 1.29 is 9.53 Å². The zero-order valence-corrected chi connectivity index (χ0v) is 15.9. The van der Waals surface area contributed by atoms with Crippen LogP contribution in [0.2, 0.25) is 0 Å². The van der Waals surface area contributed by atoms with Crippen LogP contribution in [-0.2, 0) is 28.2 Å². The molecule has 1 amide bonds. The van der Waals surface area contributed by atoms with Crippen molar-refractivity contribution in [1.29, 1.82) is 0 Å². The summed E-state index contributed by atoms with van der Waals surface area (Å²) in [6.07, 6.45) is 1.46. The normalized spacial score (nSPS) is 22.0. The monoisotopic (exact) mass is 378 g/mol. The molecule has 0 spiro atoms. The van der Waals surface area contributed by atoms with Crippen LogP contribution >= 0.6 is 11.8 Å². The Morgan fingerprint density at radius 3 is 2.96 bits per heavy atom. The van der Waals surface area contributed by atoms with Gasteiger partial charge in [0.15, 0.2) is 0 Å². The molecule has 3 aliphatic rings. The second kappa shape index (κ2) is 8.10. The first-order valence-corrected chi connectivity index (χ1v) is 10.6. The van der Waals surface area contributed by atoms with Gasteiger partial charge in [-0.05, 0) is 11.3 Å². The maximum atomic E-state index is 12.3. The van der Waals surface area contributed by atoms with Gasteiger partial charge in [0.25, 0.3) is 5.56 Å². The van der Waals surface area contributed by atoms with Gasteiger partial charge in [-0.2, -0.15) is 16.9 Å². The van der Waals surface area contributed by atoms with E-state index in [0.29, 0.717) is 38.6 Å². The molecule has 4 heterocycles. The number of hydrogen-bond acceptors (Lipinski definition) is 6. The summed E-state index contributed by atoms with van der Waals surface area (Å²) in [6.45, 7) is 6.19. The van der Waals surface area contributed by atoms with Gasteiger partial charge >= 0.3 is 0 Å². The predicted molar refractivity (Wildman–Crippen MR) is 100 cm³/mol. The minimum Gasteiger partial charge on any atom is -0.379 e. The Kier molecular flexibility index (Phi) is 5.61. The van der Waals surface area contributed by atoms with Gasteiger partial charge in [-0.25, -0.2) is 4.68 Å². The van der Waals surface area contributed by atoms with Gasteiger partial charge in [0.05, 0.1) is 31.9 Å². The number of aryl methyl sites for hydroxylation is 1. The van der Waals surface area contributed by atoms with E-state index in [1.54, 1.807) is 10.7 Å². The third-order valence-electron chi connectivity index (χ3n) is 5.37. The molecule has 0 N–H and O–H groups in total. The van der Waals surface area contributed by atoms with Crippen molar-refractivity contribution in [3.05, 3.63) is 27.7 Å². The summed E-state index contributed by atoms with van der Waals surface area (Å²) in [6, 6.07) is 1.78. The summed E-state index contributed by atoms with van der Waals surface area (Å²) in [5.41, 5.74) is 2.24. The number of hydrogen-bond donors (Lipinski definition) is 0. The summed E-state index contributed by atoms with van der Waals surface area (Å²) in [5.74, 6) is 2.67. The van der Waals surface area contributed by atoms with Crippen LogP contribution in [0.15, 0.2) is 10.9 Å². The molecule has 0 atom stereocenters. The van der Waals surface area contributed by atoms with Crippen molar-refractivity contribution in [2.75, 3.05) is 51.7 Å². The van der Waals surface area contributed by atoms with Gasteiger partial charge in [-0.15, -0.1) is 0 Å². The lowest BCUT2D eigenvalue weighted by molar-refractivity contribution is -0.130. The fraction of sp³-hybridized carbons (Fsp3) is 0.722. The van der Waals surface area contributed by atoms with Crippen LogP contribution in [0.4, 0.5) is 0 Å². The van der Waals surface area contributed by atoms with Gasteiger partial charge in [0.1, 0.15) is 0 Å². The van der Waals surface area contributed by atoms with E-state index in [0.717, 1.165) is 55.4 Å². The zero-order chi connectivity index (χ0) is 17.9. The predicted octanol–water partition coefficient (Wildman–Crippen LogP) is 0.213. The molecule has 0 saturated carbocycles. The molecular formula is C18H26N4O3S. The highest BCUT2D eigenvalue weighted by Gasteiger charge is 2.28. The number of ether oxygens (including phenoxy) is 1. The summed E-state index contributed by atoms with van der Waals surface area (Å²) < 4.78 is 7.02. The third kappa shape index (κ3) is 4.13. The standard InChI is InChI=1S/C18H26N4O3S/c23-17-1-6-25-7-5-21(17)4-3-20-10-14(11-20)12-22-18(24)9-15-13-26-8-2-16(15)19-22/h9,14H,1-8,10-13H2. The summed E-state index contributed by atoms with van der Waals surface area (Å²) in [4.78, 5) is 28.5. The molecule has 0 unspecified atom stereocenters. The van der Waals surface area contributed by atoms with Crippen LogP contribution in [-0.4, -0.2) is 77.2 Å². The molecule has 0 bridgehead atoms. The minimum atomic E-state index is 0.0277. The lowest BCUT2D eigenvalue weighted by Crippen LogP contribution is -2.52. The number of carbonyl (C=O) groups is 1. The number of carbonyl (C=O) groups excluding carboxylic acids is 1. The van der Waals surface area contributed by atoms with Crippen LogP contribution in [0.25, 0.3) is 0 Å². The molecule has 2 fully saturated rings. The lowest BCUT2D eigenvalue weighted by atomic mass is 10.0. The minimum absolute atomic E-state index is 0.0277. The Balaban J connectivity index is 1.25. The number of likely N-dealkylation sites (tertiary alicyclic amines) is 1. The highest BCUT2D eigenvalue weighted by molar-refractivity contribution is 7.98. The van der Waals surface area contributed by atoms with Crippen molar-refractivity contribution in [3.8, 4) is 0 Å². The fourth-order valence-corrected chi connectivity index (χ4v) is 4.77. The number of nitrogens with zero attached hydrogens (tertiary/aromatic N) is 4. The van der Waals surface area contributed by atoms with E-state index in [9.17, 15) is 9.59 Å². The Hall–Kier alpha value is -1.38. The molecule has 1 aromatic heterocycles. The summed E-state index contributed by atoms with van der Waals surface area (Å²) >= 11 is 1.87. The molecule has 3 aliphatic heterocycles. The van der Waals surface area contributed by atoms with Gasteiger partial charge < -0.3 is 14.5 Å². The fourth-order valence-electron chi connectivity index (χ4n) is 3.82. The first-order valence-electron chi connectivity index (χ1n) is 9.44. The quantitative estimate of drug-likeness (QED) is 0.730. The molecular weight excluding hydrogens is 352 g/mol. The summed E-state index contributed by atoms with van der Waals surface area (Å²) in [5, 5.41) is 4.60. The van der Waals surface area contributed by atoms with Crippen LogP contribution in [0.3, 0.4) is 0 Å². The van der Waals surface area contributed by atoms with E-state index >= 15 is 0 Å². The Morgan fingerprint density at radius 2 is 2.08 bits per heavy atom. The second-order valence-corrected chi connectivity index (χ2v) is 8.41. The van der Waals surface area contributed by atoms with E-state index in [1.165, 1.54) is 0 Å². The first kappa shape index (κ1) is 18.0. The maximum absolute atomic E-state index is 12.3. The van der Waals surface area contributed by atoms with Crippen LogP contribution in [0, 0.1) is 5.92 Å². The smallest absolute Gasteiger partial charge is 0.267 e. The molecule has 0 aromatic carbocycles. The molecule has 26 heavy (non-hydrogen) atoms. The van der Waals surface area contributed by atoms with Crippen molar-refractivity contribution in [1.82, 2.24) is 19.6 Å². The van der Waals surface area contributed by atoms with E-state index in [1.807, 2.05) is 16.7 Å². The van der Waals surface area contributed by atoms with E-state index in [4.69, 9.17) is 4.74 Å². The number of fused-ring (bicyclic) bond motifs is 1. The van der Waals surface area contributed by atoms with Crippen LogP contribution in [0.5, 0.6) is 0 Å². The number of rotatable bonds is 5. The van der Waals surface area contributed by atoms with Crippen molar-refractivity contribution in [2.45, 2.75) is 25.1 Å². The van der Waals surface area contributed by atoms with Gasteiger partial charge in [-0.1, -0.05) is 0 Å². The van der Waals surface area contributed by atoms with Gasteiger partial charge in [0, 0.05) is 56.9 Å². The van der Waals surface area contributed by atoms with Crippen molar-refractivity contribution in [3.63, 3.8) is 0 Å². The molecule has 7 nitrogen and oxygen atoms in total. The second-order valence-electron chi connectivity index (χ2n) is 7.31. The SMILES string of the molecule is O=C1CCOCCN1CCN1CC(Cn2nc3c(cc2=O)CSCC3)C1. The molecule has 1 aromatic rings. The maximum Gasteiger partial charge on any atom is 0.267 e. The molecule has 2 saturated heterocycles. The largest absolute Gasteiger partial charge is 0.379 e. The van der Waals surface area contributed by atoms with Gasteiger partial charge in [-0.3, -0.25) is 9.59 Å². The molecule has 0 aliphatic carbocycles. The first-order chi connectivity index (χ1) is 12.7. The van der Waals surface area contributed by atoms with E-state index < -0.39 is 0 Å². The van der Waals surface area contributed by atoms with Crippen LogP contribution in [0.1, 0.15) is 17.7 Å². The average molecular weight is 378 g/mol. The number of thioether (sulfide) groups is 1. The number of amides is 1. The molecule has 4 rings (SSSR count). The molecule has 142 valence electrons. The average Bonchev–Trinajstić information content (AvgIpc) is 2.81. The summed E-state index contributed by atoms with van der Waals surface area (Å²) in [7, 11) is 0. The van der Waals surface area contributed by atoms with E-state index in [2.05, 4.69) is 10.00 Å². The van der Waals surface area contributed by atoms with Gasteiger partial charge in [0.2, 0.25) is 5.91 Å². The topological polar surface area (TPSA) is 67.7 Å². The Morgan fingerprint density at radius 1 is 1.19 bits per heavy atom. The van der Waals surface area contributed by atoms with Crippen molar-refractivity contribution in [2.24, 2.45) is 5.92 Å². The molecule has 0 radical (unpaired) electrons. The Labute approximate surface area is 157 Å². The third-order valence-corrected chi connectivity index (χ3v) is 6.38. The number of aromatic nitrogens is 2.